The highest BCUT2D eigenvalue weighted by molar-refractivity contribution is 9.11. The number of para-hydroxylation sites is 1. The van der Waals surface area contributed by atoms with Crippen LogP contribution >= 0.6 is 31.9 Å². The molecule has 25 heavy (non-hydrogen) atoms. The first-order valence-corrected chi connectivity index (χ1v) is 8.87. The molecule has 9 heteroatoms. The van der Waals surface area contributed by atoms with E-state index in [1.165, 1.54) is 6.21 Å². The van der Waals surface area contributed by atoms with Gasteiger partial charge in [0.25, 0.3) is 5.91 Å². The second-order valence-corrected chi connectivity index (χ2v) is 6.97. The second kappa shape index (κ2) is 7.32. The lowest BCUT2D eigenvalue weighted by atomic mass is 10.2. The SMILES string of the molecule is C[C@@H](C(=O)N/N=C\c1cc(Br)c(O)c(Br)c1)n1nnc2ccccc21. The van der Waals surface area contributed by atoms with Crippen molar-refractivity contribution in [2.45, 2.75) is 13.0 Å². The minimum atomic E-state index is -0.567. The first-order chi connectivity index (χ1) is 12.0. The Morgan fingerprint density at radius 1 is 1.32 bits per heavy atom. The van der Waals surface area contributed by atoms with Crippen molar-refractivity contribution in [3.63, 3.8) is 0 Å². The number of fused-ring (bicyclic) bond motifs is 1. The summed E-state index contributed by atoms with van der Waals surface area (Å²) in [7, 11) is 0. The van der Waals surface area contributed by atoms with E-state index in [1.807, 2.05) is 24.3 Å². The van der Waals surface area contributed by atoms with Gasteiger partial charge < -0.3 is 5.11 Å². The Bertz CT molecular complexity index is 947. The number of amides is 1. The molecule has 0 unspecified atom stereocenters. The van der Waals surface area contributed by atoms with E-state index in [2.05, 4.69) is 52.7 Å². The van der Waals surface area contributed by atoms with Gasteiger partial charge in [0.2, 0.25) is 0 Å². The van der Waals surface area contributed by atoms with Crippen LogP contribution in [-0.4, -0.2) is 32.2 Å². The Morgan fingerprint density at radius 2 is 2.00 bits per heavy atom. The van der Waals surface area contributed by atoms with Crippen LogP contribution in [0.4, 0.5) is 0 Å². The van der Waals surface area contributed by atoms with Gasteiger partial charge in [-0.3, -0.25) is 4.79 Å². The molecule has 0 aliphatic heterocycles. The van der Waals surface area contributed by atoms with E-state index in [9.17, 15) is 9.90 Å². The molecule has 128 valence electrons. The number of phenolic OH excluding ortho intramolecular Hbond substituents is 1. The first-order valence-electron chi connectivity index (χ1n) is 7.28. The molecule has 1 amide bonds. The predicted octanol–water partition coefficient (Wildman–Crippen LogP) is 3.37. The highest BCUT2D eigenvalue weighted by Gasteiger charge is 2.18. The molecule has 0 aliphatic rings. The van der Waals surface area contributed by atoms with Crippen LogP contribution in [0.5, 0.6) is 5.75 Å². The van der Waals surface area contributed by atoms with E-state index < -0.39 is 6.04 Å². The van der Waals surface area contributed by atoms with Gasteiger partial charge in [-0.05, 0) is 68.6 Å². The van der Waals surface area contributed by atoms with Crippen LogP contribution in [0.15, 0.2) is 50.4 Å². The van der Waals surface area contributed by atoms with Crippen LogP contribution in [0.1, 0.15) is 18.5 Å². The number of carbonyl (C=O) groups is 1. The molecular formula is C16H13Br2N5O2. The minimum absolute atomic E-state index is 0.105. The summed E-state index contributed by atoms with van der Waals surface area (Å²) >= 11 is 6.49. The number of hydrazone groups is 1. The molecule has 1 atom stereocenters. The Balaban J connectivity index is 1.72. The van der Waals surface area contributed by atoms with E-state index >= 15 is 0 Å². The number of nitrogens with zero attached hydrogens (tertiary/aromatic N) is 4. The Kier molecular flexibility index (Phi) is 5.14. The van der Waals surface area contributed by atoms with Crippen molar-refractivity contribution >= 4 is 55.0 Å². The van der Waals surface area contributed by atoms with Crippen molar-refractivity contribution in [2.24, 2.45) is 5.10 Å². The van der Waals surface area contributed by atoms with Crippen LogP contribution < -0.4 is 5.43 Å². The summed E-state index contributed by atoms with van der Waals surface area (Å²) in [6.07, 6.45) is 1.49. The van der Waals surface area contributed by atoms with Gasteiger partial charge in [-0.2, -0.15) is 5.10 Å². The van der Waals surface area contributed by atoms with Crippen molar-refractivity contribution in [1.82, 2.24) is 20.4 Å². The number of benzene rings is 2. The third-order valence-electron chi connectivity index (χ3n) is 3.55. The summed E-state index contributed by atoms with van der Waals surface area (Å²) < 4.78 is 2.60. The molecule has 0 fully saturated rings. The maximum atomic E-state index is 12.3. The largest absolute Gasteiger partial charge is 0.506 e. The smallest absolute Gasteiger partial charge is 0.264 e. The quantitative estimate of drug-likeness (QED) is 0.455. The Hall–Kier alpha value is -2.26. The number of hydrogen-bond acceptors (Lipinski definition) is 5. The third-order valence-corrected chi connectivity index (χ3v) is 4.76. The van der Waals surface area contributed by atoms with Crippen molar-refractivity contribution in [3.8, 4) is 5.75 Å². The van der Waals surface area contributed by atoms with Crippen molar-refractivity contribution in [1.29, 1.82) is 0 Å². The van der Waals surface area contributed by atoms with Gasteiger partial charge in [-0.1, -0.05) is 17.3 Å². The molecule has 0 saturated carbocycles. The maximum Gasteiger partial charge on any atom is 0.264 e. The summed E-state index contributed by atoms with van der Waals surface area (Å²) in [4.78, 5) is 12.3. The van der Waals surface area contributed by atoms with Crippen LogP contribution in [0.3, 0.4) is 0 Å². The topological polar surface area (TPSA) is 92.4 Å². The fraction of sp³-hybridized carbons (Fsp3) is 0.125. The average Bonchev–Trinajstić information content (AvgIpc) is 3.03. The van der Waals surface area contributed by atoms with E-state index in [0.717, 1.165) is 11.0 Å². The lowest BCUT2D eigenvalue weighted by Gasteiger charge is -2.10. The molecule has 7 nitrogen and oxygen atoms in total. The fourth-order valence-corrected chi connectivity index (χ4v) is 3.43. The molecular weight excluding hydrogens is 454 g/mol. The van der Waals surface area contributed by atoms with E-state index in [0.29, 0.717) is 14.5 Å². The van der Waals surface area contributed by atoms with Gasteiger partial charge in [0.1, 0.15) is 17.3 Å². The number of hydrogen-bond donors (Lipinski definition) is 2. The zero-order chi connectivity index (χ0) is 18.0. The number of nitrogens with one attached hydrogen (secondary N) is 1. The number of rotatable bonds is 4. The summed E-state index contributed by atoms with van der Waals surface area (Å²) in [5, 5.41) is 21.7. The summed E-state index contributed by atoms with van der Waals surface area (Å²) in [5.74, 6) is -0.211. The molecule has 2 N–H and O–H groups in total. The van der Waals surface area contributed by atoms with Crippen molar-refractivity contribution in [3.05, 3.63) is 50.9 Å². The average molecular weight is 467 g/mol. The highest BCUT2D eigenvalue weighted by atomic mass is 79.9. The number of halogens is 2. The molecule has 3 rings (SSSR count). The van der Waals surface area contributed by atoms with Crippen molar-refractivity contribution in [2.75, 3.05) is 0 Å². The van der Waals surface area contributed by atoms with E-state index in [1.54, 1.807) is 23.7 Å². The highest BCUT2D eigenvalue weighted by Crippen LogP contribution is 2.32. The molecule has 0 bridgehead atoms. The van der Waals surface area contributed by atoms with Gasteiger partial charge in [-0.25, -0.2) is 10.1 Å². The molecule has 1 aromatic heterocycles. The first kappa shape index (κ1) is 17.6. The normalized spacial score (nSPS) is 12.6. The van der Waals surface area contributed by atoms with Gasteiger partial charge >= 0.3 is 0 Å². The third kappa shape index (κ3) is 3.72. The lowest BCUT2D eigenvalue weighted by molar-refractivity contribution is -0.124. The Labute approximate surface area is 160 Å². The zero-order valence-electron chi connectivity index (χ0n) is 13.0. The van der Waals surface area contributed by atoms with Gasteiger partial charge in [0, 0.05) is 0 Å². The van der Waals surface area contributed by atoms with Crippen LogP contribution in [-0.2, 0) is 4.79 Å². The van der Waals surface area contributed by atoms with Crippen LogP contribution in [0, 0.1) is 0 Å². The fourth-order valence-electron chi connectivity index (χ4n) is 2.21. The zero-order valence-corrected chi connectivity index (χ0v) is 16.2. The molecule has 3 aromatic rings. The lowest BCUT2D eigenvalue weighted by Crippen LogP contribution is -2.28. The maximum absolute atomic E-state index is 12.3. The van der Waals surface area contributed by atoms with E-state index in [4.69, 9.17) is 0 Å². The Morgan fingerprint density at radius 3 is 2.72 bits per heavy atom. The number of aromatic nitrogens is 3. The van der Waals surface area contributed by atoms with Crippen LogP contribution in [0.2, 0.25) is 0 Å². The molecule has 2 aromatic carbocycles. The molecule has 0 spiro atoms. The predicted molar refractivity (Wildman–Crippen MR) is 101 cm³/mol. The molecule has 0 saturated heterocycles. The van der Waals surface area contributed by atoms with Crippen LogP contribution in [0.25, 0.3) is 11.0 Å². The summed E-state index contributed by atoms with van der Waals surface area (Å²) in [6, 6.07) is 10.2. The molecule has 0 radical (unpaired) electrons. The van der Waals surface area contributed by atoms with Gasteiger partial charge in [0.15, 0.2) is 0 Å². The molecule has 1 heterocycles. The number of carbonyl (C=O) groups excluding carboxylic acids is 1. The standard InChI is InChI=1S/C16H13Br2N5O2/c1-9(23-14-5-3-2-4-13(14)20-22-23)16(25)21-19-8-10-6-11(17)15(24)12(18)7-10/h2-9,24H,1H3,(H,21,25)/b19-8-/t9-/m0/s1. The number of phenols is 1. The second-order valence-electron chi connectivity index (χ2n) is 5.27. The summed E-state index contributed by atoms with van der Waals surface area (Å²) in [5.41, 5.74) is 4.70. The summed E-state index contributed by atoms with van der Waals surface area (Å²) in [6.45, 7) is 1.72. The molecule has 0 aliphatic carbocycles. The number of aromatic hydroxyl groups is 1. The minimum Gasteiger partial charge on any atom is -0.506 e. The monoisotopic (exact) mass is 465 g/mol. The van der Waals surface area contributed by atoms with E-state index in [-0.39, 0.29) is 11.7 Å². The van der Waals surface area contributed by atoms with Gasteiger partial charge in [0.05, 0.1) is 20.7 Å². The van der Waals surface area contributed by atoms with Gasteiger partial charge in [-0.15, -0.1) is 5.10 Å². The van der Waals surface area contributed by atoms with Crippen molar-refractivity contribution < 1.29 is 9.90 Å².